The normalized spacial score (nSPS) is 10.5. The van der Waals surface area contributed by atoms with Crippen molar-refractivity contribution in [2.45, 2.75) is 33.9 Å². The molecule has 0 aromatic carbocycles. The van der Waals surface area contributed by atoms with Crippen molar-refractivity contribution in [2.24, 2.45) is 0 Å². The lowest BCUT2D eigenvalue weighted by Gasteiger charge is -2.12. The third kappa shape index (κ3) is 1.34. The van der Waals surface area contributed by atoms with Crippen LogP contribution in [0.4, 0.5) is 5.69 Å². The molecular formula is C9H15N3O2. The van der Waals surface area contributed by atoms with Gasteiger partial charge in [0.15, 0.2) is 0 Å². The van der Waals surface area contributed by atoms with Gasteiger partial charge in [0.2, 0.25) is 0 Å². The van der Waals surface area contributed by atoms with Gasteiger partial charge in [-0.05, 0) is 20.8 Å². The number of nitrogens with two attached hydrogens (primary N) is 1. The van der Waals surface area contributed by atoms with Crippen LogP contribution in [0.1, 0.15) is 19.5 Å². The van der Waals surface area contributed by atoms with Gasteiger partial charge >= 0.3 is 5.69 Å². The fraction of sp³-hybridized carbons (Fsp3) is 0.556. The molecule has 0 aliphatic heterocycles. The number of nitrogen functional groups attached to an aromatic ring is 1. The first-order valence-electron chi connectivity index (χ1n) is 4.64. The summed E-state index contributed by atoms with van der Waals surface area (Å²) in [5.41, 5.74) is 5.64. The SMILES string of the molecule is CCn1c(C)c(N)c(=O)n(CC)c1=O. The summed E-state index contributed by atoms with van der Waals surface area (Å²) in [6, 6.07) is 0. The van der Waals surface area contributed by atoms with Crippen molar-refractivity contribution in [1.29, 1.82) is 0 Å². The Morgan fingerprint density at radius 1 is 1.14 bits per heavy atom. The van der Waals surface area contributed by atoms with E-state index in [9.17, 15) is 9.59 Å². The highest BCUT2D eigenvalue weighted by Gasteiger charge is 2.11. The molecule has 0 fully saturated rings. The van der Waals surface area contributed by atoms with Crippen molar-refractivity contribution >= 4 is 5.69 Å². The van der Waals surface area contributed by atoms with E-state index in [0.717, 1.165) is 4.57 Å². The molecule has 14 heavy (non-hydrogen) atoms. The monoisotopic (exact) mass is 197 g/mol. The molecule has 0 radical (unpaired) electrons. The zero-order chi connectivity index (χ0) is 10.9. The number of nitrogens with zero attached hydrogens (tertiary/aromatic N) is 2. The Hall–Kier alpha value is -1.52. The van der Waals surface area contributed by atoms with Crippen LogP contribution >= 0.6 is 0 Å². The van der Waals surface area contributed by atoms with Crippen LogP contribution in [0.15, 0.2) is 9.59 Å². The number of rotatable bonds is 2. The minimum atomic E-state index is -0.389. The second kappa shape index (κ2) is 3.69. The maximum absolute atomic E-state index is 11.7. The van der Waals surface area contributed by atoms with Crippen LogP contribution in [0.3, 0.4) is 0 Å². The molecule has 0 bridgehead atoms. The van der Waals surface area contributed by atoms with Crippen molar-refractivity contribution in [2.75, 3.05) is 5.73 Å². The number of hydrogen-bond acceptors (Lipinski definition) is 3. The van der Waals surface area contributed by atoms with Gasteiger partial charge in [-0.2, -0.15) is 0 Å². The Morgan fingerprint density at radius 3 is 2.07 bits per heavy atom. The largest absolute Gasteiger partial charge is 0.393 e. The molecular weight excluding hydrogens is 182 g/mol. The Balaban J connectivity index is 3.74. The highest BCUT2D eigenvalue weighted by molar-refractivity contribution is 5.39. The minimum Gasteiger partial charge on any atom is -0.393 e. The summed E-state index contributed by atoms with van der Waals surface area (Å²) in [5.74, 6) is 0. The van der Waals surface area contributed by atoms with Crippen LogP contribution in [-0.4, -0.2) is 9.13 Å². The molecule has 0 amide bonds. The maximum Gasteiger partial charge on any atom is 0.331 e. The van der Waals surface area contributed by atoms with E-state index in [0.29, 0.717) is 18.8 Å². The van der Waals surface area contributed by atoms with Gasteiger partial charge in [0.05, 0.1) is 0 Å². The molecule has 1 rings (SSSR count). The lowest BCUT2D eigenvalue weighted by atomic mass is 10.3. The second-order valence-electron chi connectivity index (χ2n) is 3.08. The molecule has 0 spiro atoms. The number of anilines is 1. The first kappa shape index (κ1) is 10.6. The van der Waals surface area contributed by atoms with E-state index in [1.54, 1.807) is 13.8 Å². The van der Waals surface area contributed by atoms with E-state index in [1.807, 2.05) is 6.92 Å². The highest BCUT2D eigenvalue weighted by Crippen LogP contribution is 2.00. The Morgan fingerprint density at radius 2 is 1.64 bits per heavy atom. The van der Waals surface area contributed by atoms with Gasteiger partial charge in [0.25, 0.3) is 5.56 Å². The van der Waals surface area contributed by atoms with Crippen LogP contribution in [0.25, 0.3) is 0 Å². The zero-order valence-corrected chi connectivity index (χ0v) is 8.70. The third-order valence-corrected chi connectivity index (χ3v) is 2.36. The molecule has 0 unspecified atom stereocenters. The predicted octanol–water partition coefficient (Wildman–Crippen LogP) is -0.0596. The molecule has 2 N–H and O–H groups in total. The van der Waals surface area contributed by atoms with Crippen molar-refractivity contribution in [3.05, 3.63) is 26.5 Å². The molecule has 0 atom stereocenters. The lowest BCUT2D eigenvalue weighted by molar-refractivity contribution is 0.578. The molecule has 0 saturated heterocycles. The van der Waals surface area contributed by atoms with Crippen LogP contribution in [-0.2, 0) is 13.1 Å². The third-order valence-electron chi connectivity index (χ3n) is 2.36. The minimum absolute atomic E-state index is 0.160. The topological polar surface area (TPSA) is 70.0 Å². The number of aromatic nitrogens is 2. The van der Waals surface area contributed by atoms with E-state index >= 15 is 0 Å². The quantitative estimate of drug-likeness (QED) is 0.722. The molecule has 0 aliphatic rings. The summed E-state index contributed by atoms with van der Waals surface area (Å²) >= 11 is 0. The summed E-state index contributed by atoms with van der Waals surface area (Å²) in [5, 5.41) is 0. The van der Waals surface area contributed by atoms with E-state index in [2.05, 4.69) is 0 Å². The first-order valence-corrected chi connectivity index (χ1v) is 4.64. The Bertz CT molecular complexity index is 456. The standard InChI is InChI=1S/C9H15N3O2/c1-4-11-6(3)7(10)8(13)12(5-2)9(11)14/h4-5,10H2,1-3H3. The van der Waals surface area contributed by atoms with Gasteiger partial charge in [0, 0.05) is 18.8 Å². The van der Waals surface area contributed by atoms with E-state index in [4.69, 9.17) is 5.73 Å². The van der Waals surface area contributed by atoms with E-state index in [1.165, 1.54) is 4.57 Å². The Labute approximate surface area is 81.8 Å². The van der Waals surface area contributed by atoms with Gasteiger partial charge in [-0.25, -0.2) is 4.79 Å². The summed E-state index contributed by atoms with van der Waals surface area (Å²) in [4.78, 5) is 23.2. The van der Waals surface area contributed by atoms with Crippen LogP contribution in [0, 0.1) is 6.92 Å². The van der Waals surface area contributed by atoms with Crippen molar-refractivity contribution in [3.8, 4) is 0 Å². The lowest BCUT2D eigenvalue weighted by Crippen LogP contribution is -2.41. The van der Waals surface area contributed by atoms with Gasteiger partial charge < -0.3 is 5.73 Å². The average Bonchev–Trinajstić information content (AvgIpc) is 2.16. The predicted molar refractivity (Wildman–Crippen MR) is 55.5 cm³/mol. The molecule has 5 nitrogen and oxygen atoms in total. The van der Waals surface area contributed by atoms with Crippen molar-refractivity contribution in [3.63, 3.8) is 0 Å². The molecule has 0 saturated carbocycles. The van der Waals surface area contributed by atoms with E-state index in [-0.39, 0.29) is 16.9 Å². The highest BCUT2D eigenvalue weighted by atomic mass is 16.2. The Kier molecular flexibility index (Phi) is 2.78. The first-order chi connectivity index (χ1) is 6.54. The molecule has 1 aromatic heterocycles. The second-order valence-corrected chi connectivity index (χ2v) is 3.08. The summed E-state index contributed by atoms with van der Waals surface area (Å²) in [6.07, 6.45) is 0. The fourth-order valence-corrected chi connectivity index (χ4v) is 1.47. The summed E-state index contributed by atoms with van der Waals surface area (Å²) in [7, 11) is 0. The molecule has 5 heteroatoms. The van der Waals surface area contributed by atoms with Gasteiger partial charge in [-0.15, -0.1) is 0 Å². The summed E-state index contributed by atoms with van der Waals surface area (Å²) in [6.45, 7) is 6.15. The van der Waals surface area contributed by atoms with Crippen LogP contribution < -0.4 is 17.0 Å². The molecule has 0 aliphatic carbocycles. The molecule has 78 valence electrons. The van der Waals surface area contributed by atoms with Crippen molar-refractivity contribution < 1.29 is 0 Å². The van der Waals surface area contributed by atoms with Crippen LogP contribution in [0.2, 0.25) is 0 Å². The van der Waals surface area contributed by atoms with Gasteiger partial charge in [-0.3, -0.25) is 13.9 Å². The fourth-order valence-electron chi connectivity index (χ4n) is 1.47. The zero-order valence-electron chi connectivity index (χ0n) is 8.70. The number of hydrogen-bond donors (Lipinski definition) is 1. The molecule has 1 heterocycles. The molecule has 1 aromatic rings. The van der Waals surface area contributed by atoms with Crippen molar-refractivity contribution in [1.82, 2.24) is 9.13 Å². The summed E-state index contributed by atoms with van der Waals surface area (Å²) < 4.78 is 2.64. The average molecular weight is 197 g/mol. The van der Waals surface area contributed by atoms with Crippen LogP contribution in [0.5, 0.6) is 0 Å². The smallest absolute Gasteiger partial charge is 0.331 e. The van der Waals surface area contributed by atoms with Gasteiger partial charge in [-0.1, -0.05) is 0 Å². The maximum atomic E-state index is 11.7. The van der Waals surface area contributed by atoms with Gasteiger partial charge in [0.1, 0.15) is 5.69 Å². The van der Waals surface area contributed by atoms with E-state index < -0.39 is 0 Å².